The lowest BCUT2D eigenvalue weighted by Gasteiger charge is -2.19. The lowest BCUT2D eigenvalue weighted by atomic mass is 10.0. The lowest BCUT2D eigenvalue weighted by molar-refractivity contribution is -0.384. The van der Waals surface area contributed by atoms with Gasteiger partial charge in [0.1, 0.15) is 0 Å². The molecule has 0 radical (unpaired) electrons. The maximum atomic E-state index is 13.1. The molecule has 1 aromatic heterocycles. The van der Waals surface area contributed by atoms with Crippen LogP contribution in [0.5, 0.6) is 0 Å². The van der Waals surface area contributed by atoms with E-state index in [2.05, 4.69) is 34.0 Å². The first-order valence-electron chi connectivity index (χ1n) is 10.6. The fourth-order valence-corrected chi connectivity index (χ4v) is 3.49. The smallest absolute Gasteiger partial charge is 0.270 e. The molecule has 8 nitrogen and oxygen atoms in total. The van der Waals surface area contributed by atoms with Gasteiger partial charge in [-0.05, 0) is 20.0 Å². The van der Waals surface area contributed by atoms with Crippen LogP contribution in [-0.2, 0) is 0 Å². The van der Waals surface area contributed by atoms with E-state index in [9.17, 15) is 14.9 Å². The summed E-state index contributed by atoms with van der Waals surface area (Å²) in [7, 11) is 0. The summed E-state index contributed by atoms with van der Waals surface area (Å²) in [5.74, 6) is 0.167. The van der Waals surface area contributed by atoms with E-state index < -0.39 is 4.92 Å². The number of aryl methyl sites for hydroxylation is 1. The summed E-state index contributed by atoms with van der Waals surface area (Å²) in [6.07, 6.45) is 0. The number of nitro groups is 1. The monoisotopic (exact) mass is 433 g/mol. The van der Waals surface area contributed by atoms with Crippen molar-refractivity contribution >= 4 is 11.6 Å². The van der Waals surface area contributed by atoms with Gasteiger partial charge in [-0.2, -0.15) is 0 Å². The number of carbonyl (C=O) groups is 1. The summed E-state index contributed by atoms with van der Waals surface area (Å²) in [4.78, 5) is 35.4. The van der Waals surface area contributed by atoms with E-state index >= 15 is 0 Å². The maximum Gasteiger partial charge on any atom is 0.270 e. The second-order valence-corrected chi connectivity index (χ2v) is 7.31. The van der Waals surface area contributed by atoms with Crippen LogP contribution in [0.15, 0.2) is 54.6 Å². The summed E-state index contributed by atoms with van der Waals surface area (Å²) < 4.78 is 0. The lowest BCUT2D eigenvalue weighted by Crippen LogP contribution is -2.35. The molecule has 0 spiro atoms. The van der Waals surface area contributed by atoms with Crippen LogP contribution < -0.4 is 5.32 Å². The normalized spacial score (nSPS) is 10.9. The molecule has 3 rings (SSSR count). The summed E-state index contributed by atoms with van der Waals surface area (Å²) in [6, 6.07) is 15.6. The zero-order chi connectivity index (χ0) is 23.1. The first-order valence-corrected chi connectivity index (χ1v) is 10.6. The highest BCUT2D eigenvalue weighted by Gasteiger charge is 2.22. The highest BCUT2D eigenvalue weighted by Crippen LogP contribution is 2.29. The Morgan fingerprint density at radius 2 is 1.72 bits per heavy atom. The van der Waals surface area contributed by atoms with Crippen molar-refractivity contribution < 1.29 is 9.72 Å². The number of nitrogens with one attached hydrogen (secondary N) is 1. The number of carbonyl (C=O) groups excluding carboxylic acids is 1. The number of nitrogens with zero attached hydrogens (tertiary/aromatic N) is 4. The van der Waals surface area contributed by atoms with Gasteiger partial charge in [-0.3, -0.25) is 14.9 Å². The Kier molecular flexibility index (Phi) is 7.62. The van der Waals surface area contributed by atoms with Crippen molar-refractivity contribution in [1.82, 2.24) is 20.2 Å². The molecule has 8 heteroatoms. The van der Waals surface area contributed by atoms with E-state index in [-0.39, 0.29) is 11.6 Å². The SMILES string of the molecule is CCN(CC)CCNC(=O)c1c(C)nc(-c2ccccc2)nc1-c1cccc([N+](=O)[O-])c1. The van der Waals surface area contributed by atoms with Gasteiger partial charge in [0, 0.05) is 36.3 Å². The Balaban J connectivity index is 2.05. The van der Waals surface area contributed by atoms with E-state index in [0.29, 0.717) is 34.9 Å². The van der Waals surface area contributed by atoms with Crippen molar-refractivity contribution in [3.8, 4) is 22.6 Å². The van der Waals surface area contributed by atoms with Gasteiger partial charge in [0.25, 0.3) is 11.6 Å². The molecule has 0 saturated carbocycles. The molecule has 1 amide bonds. The van der Waals surface area contributed by atoms with Crippen LogP contribution in [0.2, 0.25) is 0 Å². The Morgan fingerprint density at radius 3 is 2.38 bits per heavy atom. The fourth-order valence-electron chi connectivity index (χ4n) is 3.49. The summed E-state index contributed by atoms with van der Waals surface area (Å²) in [5.41, 5.74) is 2.45. The highest BCUT2D eigenvalue weighted by atomic mass is 16.6. The number of aromatic nitrogens is 2. The van der Waals surface area contributed by atoms with E-state index in [1.165, 1.54) is 12.1 Å². The minimum atomic E-state index is -0.459. The number of benzene rings is 2. The predicted molar refractivity (Wildman–Crippen MR) is 124 cm³/mol. The van der Waals surface area contributed by atoms with Gasteiger partial charge in [0.05, 0.1) is 21.9 Å². The standard InChI is InChI=1S/C24H27N5O3/c1-4-28(5-2)15-14-25-24(30)21-17(3)26-23(18-10-7-6-8-11-18)27-22(21)19-12-9-13-20(16-19)29(31)32/h6-13,16H,4-5,14-15H2,1-3H3,(H,25,30). The number of hydrogen-bond donors (Lipinski definition) is 1. The molecular formula is C24H27N5O3. The largest absolute Gasteiger partial charge is 0.351 e. The summed E-state index contributed by atoms with van der Waals surface area (Å²) >= 11 is 0. The van der Waals surface area contributed by atoms with Crippen LogP contribution in [0.25, 0.3) is 22.6 Å². The second-order valence-electron chi connectivity index (χ2n) is 7.31. The number of amides is 1. The molecule has 0 aliphatic rings. The molecule has 2 aromatic carbocycles. The van der Waals surface area contributed by atoms with Gasteiger partial charge in [0.2, 0.25) is 0 Å². The van der Waals surface area contributed by atoms with Gasteiger partial charge in [-0.25, -0.2) is 9.97 Å². The Labute approximate surface area is 187 Å². The zero-order valence-corrected chi connectivity index (χ0v) is 18.5. The third-order valence-corrected chi connectivity index (χ3v) is 5.29. The summed E-state index contributed by atoms with van der Waals surface area (Å²) in [5, 5.41) is 14.3. The molecule has 0 unspecified atom stereocenters. The van der Waals surface area contributed by atoms with Crippen molar-refractivity contribution in [3.63, 3.8) is 0 Å². The topological polar surface area (TPSA) is 101 Å². The molecular weight excluding hydrogens is 406 g/mol. The first kappa shape index (κ1) is 23.0. The van der Waals surface area contributed by atoms with Gasteiger partial charge >= 0.3 is 0 Å². The van der Waals surface area contributed by atoms with E-state index in [0.717, 1.165) is 25.2 Å². The van der Waals surface area contributed by atoms with Crippen LogP contribution in [0, 0.1) is 17.0 Å². The Hall–Kier alpha value is -3.65. The third kappa shape index (κ3) is 5.33. The van der Waals surface area contributed by atoms with E-state index in [1.54, 1.807) is 19.1 Å². The van der Waals surface area contributed by atoms with E-state index in [4.69, 9.17) is 0 Å². The predicted octanol–water partition coefficient (Wildman–Crippen LogP) is 4.10. The van der Waals surface area contributed by atoms with Gasteiger partial charge in [-0.1, -0.05) is 56.3 Å². The molecule has 0 saturated heterocycles. The van der Waals surface area contributed by atoms with Crippen LogP contribution >= 0.6 is 0 Å². The number of nitro benzene ring substituents is 1. The van der Waals surface area contributed by atoms with Crippen molar-refractivity contribution in [2.24, 2.45) is 0 Å². The van der Waals surface area contributed by atoms with Crippen LogP contribution in [0.1, 0.15) is 29.9 Å². The average molecular weight is 434 g/mol. The molecule has 3 aromatic rings. The molecule has 1 heterocycles. The quantitative estimate of drug-likeness (QED) is 0.403. The van der Waals surface area contributed by atoms with Gasteiger partial charge in [0.15, 0.2) is 5.82 Å². The Bertz CT molecular complexity index is 1100. The maximum absolute atomic E-state index is 13.1. The molecule has 0 bridgehead atoms. The second kappa shape index (κ2) is 10.6. The summed E-state index contributed by atoms with van der Waals surface area (Å²) in [6.45, 7) is 8.92. The molecule has 0 atom stereocenters. The van der Waals surface area contributed by atoms with E-state index in [1.807, 2.05) is 30.3 Å². The van der Waals surface area contributed by atoms with Crippen molar-refractivity contribution in [2.75, 3.05) is 26.2 Å². The van der Waals surface area contributed by atoms with Crippen LogP contribution in [0.4, 0.5) is 5.69 Å². The number of non-ortho nitro benzene ring substituents is 1. The molecule has 0 fully saturated rings. The third-order valence-electron chi connectivity index (χ3n) is 5.29. The fraction of sp³-hybridized carbons (Fsp3) is 0.292. The number of likely N-dealkylation sites (N-methyl/N-ethyl adjacent to an activating group) is 1. The zero-order valence-electron chi connectivity index (χ0n) is 18.5. The van der Waals surface area contributed by atoms with Crippen LogP contribution in [0.3, 0.4) is 0 Å². The van der Waals surface area contributed by atoms with Crippen molar-refractivity contribution in [2.45, 2.75) is 20.8 Å². The van der Waals surface area contributed by atoms with Crippen molar-refractivity contribution in [1.29, 1.82) is 0 Å². The minimum absolute atomic E-state index is 0.0621. The number of rotatable bonds is 9. The van der Waals surface area contributed by atoms with Crippen molar-refractivity contribution in [3.05, 3.63) is 76.0 Å². The van der Waals surface area contributed by atoms with Crippen LogP contribution in [-0.4, -0.2) is 51.9 Å². The highest BCUT2D eigenvalue weighted by molar-refractivity contribution is 6.01. The molecule has 166 valence electrons. The molecule has 1 N–H and O–H groups in total. The molecule has 32 heavy (non-hydrogen) atoms. The molecule has 0 aliphatic heterocycles. The first-order chi connectivity index (χ1) is 15.4. The Morgan fingerprint density at radius 1 is 1.03 bits per heavy atom. The molecule has 0 aliphatic carbocycles. The number of hydrogen-bond acceptors (Lipinski definition) is 6. The average Bonchev–Trinajstić information content (AvgIpc) is 2.81. The van der Waals surface area contributed by atoms with Gasteiger partial charge < -0.3 is 10.2 Å². The van der Waals surface area contributed by atoms with Gasteiger partial charge in [-0.15, -0.1) is 0 Å². The minimum Gasteiger partial charge on any atom is -0.351 e.